The van der Waals surface area contributed by atoms with Gasteiger partial charge in [0.25, 0.3) is 5.56 Å². The van der Waals surface area contributed by atoms with Crippen molar-refractivity contribution in [3.63, 3.8) is 0 Å². The Morgan fingerprint density at radius 2 is 1.91 bits per heavy atom. The molecule has 2 aromatic heterocycles. The third kappa shape index (κ3) is 5.24. The van der Waals surface area contributed by atoms with Crippen LogP contribution < -0.4 is 10.9 Å². The number of nitrogens with one attached hydrogen (secondary N) is 2. The van der Waals surface area contributed by atoms with Gasteiger partial charge in [0.1, 0.15) is 6.61 Å². The minimum atomic E-state index is -3.27. The molecule has 0 bridgehead atoms. The molecule has 0 fully saturated rings. The summed E-state index contributed by atoms with van der Waals surface area (Å²) in [6, 6.07) is 15.8. The standard InChI is InChI=1S/C22H18ClN3O6S/c1-33(29,30)10-9-31-22(28)25-18-12-17(32-26-18)20-19(13-5-3-2-4-6-13)15-11-14(23)7-8-16(15)24-21(20)27/h2-8,11-12H,9-10H2,1H3,(H,24,27)(H,25,26,28). The molecule has 2 N–H and O–H groups in total. The van der Waals surface area contributed by atoms with Crippen LogP contribution in [-0.2, 0) is 14.6 Å². The molecule has 170 valence electrons. The van der Waals surface area contributed by atoms with Crippen molar-refractivity contribution in [3.05, 3.63) is 70.0 Å². The van der Waals surface area contributed by atoms with Gasteiger partial charge >= 0.3 is 6.09 Å². The summed E-state index contributed by atoms with van der Waals surface area (Å²) in [6.07, 6.45) is 0.137. The number of halogens is 1. The molecule has 0 atom stereocenters. The summed E-state index contributed by atoms with van der Waals surface area (Å²) in [5.41, 5.74) is 1.75. The molecule has 0 aliphatic carbocycles. The van der Waals surface area contributed by atoms with Crippen molar-refractivity contribution in [3.8, 4) is 22.5 Å². The fraction of sp³-hybridized carbons (Fsp3) is 0.136. The van der Waals surface area contributed by atoms with E-state index < -0.39 is 21.5 Å². The molecule has 2 aromatic carbocycles. The molecule has 11 heteroatoms. The molecule has 0 spiro atoms. The normalized spacial score (nSPS) is 11.5. The van der Waals surface area contributed by atoms with E-state index in [0.29, 0.717) is 21.5 Å². The van der Waals surface area contributed by atoms with Crippen molar-refractivity contribution in [2.75, 3.05) is 23.9 Å². The number of aromatic amines is 1. The highest BCUT2D eigenvalue weighted by atomic mass is 35.5. The fourth-order valence-electron chi connectivity index (χ4n) is 3.28. The van der Waals surface area contributed by atoms with Gasteiger partial charge in [0, 0.05) is 33.8 Å². The van der Waals surface area contributed by atoms with Gasteiger partial charge in [-0.2, -0.15) is 0 Å². The molecule has 2 heterocycles. The SMILES string of the molecule is CS(=O)(=O)CCOC(=O)Nc1cc(-c2c(-c3ccccc3)c3cc(Cl)ccc3[nH]c2=O)on1. The van der Waals surface area contributed by atoms with Crippen molar-refractivity contribution < 1.29 is 22.5 Å². The average molecular weight is 488 g/mol. The van der Waals surface area contributed by atoms with E-state index in [1.54, 1.807) is 18.2 Å². The predicted octanol–water partition coefficient (Wildman–Crippen LogP) is 4.10. The number of carbonyl (C=O) groups excluding carboxylic acids is 1. The fourth-order valence-corrected chi connectivity index (χ4v) is 3.84. The van der Waals surface area contributed by atoms with E-state index in [-0.39, 0.29) is 29.5 Å². The van der Waals surface area contributed by atoms with E-state index in [2.05, 4.69) is 15.5 Å². The molecular weight excluding hydrogens is 470 g/mol. The number of sulfone groups is 1. The van der Waals surface area contributed by atoms with Crippen LogP contribution in [-0.4, -0.2) is 43.3 Å². The molecule has 0 saturated carbocycles. The van der Waals surface area contributed by atoms with Gasteiger partial charge in [0.15, 0.2) is 21.4 Å². The first kappa shape index (κ1) is 22.6. The van der Waals surface area contributed by atoms with Gasteiger partial charge in [-0.1, -0.05) is 47.1 Å². The summed E-state index contributed by atoms with van der Waals surface area (Å²) < 4.78 is 32.5. The lowest BCUT2D eigenvalue weighted by Crippen LogP contribution is -2.18. The van der Waals surface area contributed by atoms with Crippen molar-refractivity contribution in [2.45, 2.75) is 0 Å². The van der Waals surface area contributed by atoms with E-state index in [0.717, 1.165) is 11.8 Å². The predicted molar refractivity (Wildman–Crippen MR) is 125 cm³/mol. The third-order valence-electron chi connectivity index (χ3n) is 4.71. The number of amides is 1. The number of anilines is 1. The van der Waals surface area contributed by atoms with Crippen LogP contribution in [0.2, 0.25) is 5.02 Å². The molecule has 4 rings (SSSR count). The van der Waals surface area contributed by atoms with Crippen molar-refractivity contribution >= 4 is 44.3 Å². The van der Waals surface area contributed by atoms with Crippen LogP contribution in [0, 0.1) is 0 Å². The smallest absolute Gasteiger partial charge is 0.412 e. The summed E-state index contributed by atoms with van der Waals surface area (Å²) >= 11 is 6.22. The Balaban J connectivity index is 1.72. The minimum Gasteiger partial charge on any atom is -0.448 e. The van der Waals surface area contributed by atoms with Crippen molar-refractivity contribution in [2.24, 2.45) is 0 Å². The number of H-pyrrole nitrogens is 1. The third-order valence-corrected chi connectivity index (χ3v) is 5.86. The molecule has 0 radical (unpaired) electrons. The molecule has 4 aromatic rings. The summed E-state index contributed by atoms with van der Waals surface area (Å²) in [6.45, 7) is -0.307. The molecular formula is C22H18ClN3O6S. The van der Waals surface area contributed by atoms with Gasteiger partial charge in [-0.15, -0.1) is 0 Å². The highest BCUT2D eigenvalue weighted by molar-refractivity contribution is 7.90. The number of hydrogen-bond acceptors (Lipinski definition) is 7. The summed E-state index contributed by atoms with van der Waals surface area (Å²) in [4.78, 5) is 27.8. The first-order valence-electron chi connectivity index (χ1n) is 9.71. The maximum atomic E-state index is 13.0. The van der Waals surface area contributed by atoms with Gasteiger partial charge in [0.05, 0.1) is 11.3 Å². The van der Waals surface area contributed by atoms with Crippen molar-refractivity contribution in [1.29, 1.82) is 0 Å². The van der Waals surface area contributed by atoms with Crippen molar-refractivity contribution in [1.82, 2.24) is 10.1 Å². The second-order valence-corrected chi connectivity index (χ2v) is 9.92. The molecule has 0 aliphatic heterocycles. The van der Waals surface area contributed by atoms with E-state index in [9.17, 15) is 18.0 Å². The lowest BCUT2D eigenvalue weighted by Gasteiger charge is -2.11. The van der Waals surface area contributed by atoms with Gasteiger partial charge in [-0.05, 0) is 23.8 Å². The lowest BCUT2D eigenvalue weighted by molar-refractivity contribution is 0.168. The molecule has 33 heavy (non-hydrogen) atoms. The number of hydrogen-bond donors (Lipinski definition) is 2. The summed E-state index contributed by atoms with van der Waals surface area (Å²) in [5.74, 6) is -0.192. The number of benzene rings is 2. The summed E-state index contributed by atoms with van der Waals surface area (Å²) in [7, 11) is -3.27. The van der Waals surface area contributed by atoms with Crippen LogP contribution in [0.25, 0.3) is 33.4 Å². The Kier molecular flexibility index (Phi) is 6.21. The number of pyridine rings is 1. The molecule has 1 amide bonds. The average Bonchev–Trinajstić information content (AvgIpc) is 3.20. The number of nitrogens with zero attached hydrogens (tertiary/aromatic N) is 1. The molecule has 0 aliphatic rings. The van der Waals surface area contributed by atoms with Gasteiger partial charge < -0.3 is 14.2 Å². The highest BCUT2D eigenvalue weighted by Gasteiger charge is 2.21. The number of rotatable bonds is 6. The molecule has 0 saturated heterocycles. The summed E-state index contributed by atoms with van der Waals surface area (Å²) in [5, 5.41) is 7.33. The van der Waals surface area contributed by atoms with E-state index in [1.807, 2.05) is 30.3 Å². The van der Waals surface area contributed by atoms with Crippen LogP contribution in [0.3, 0.4) is 0 Å². The van der Waals surface area contributed by atoms with E-state index >= 15 is 0 Å². The van der Waals surface area contributed by atoms with Crippen LogP contribution in [0.5, 0.6) is 0 Å². The number of ether oxygens (including phenoxy) is 1. The number of carbonyl (C=O) groups is 1. The molecule has 0 unspecified atom stereocenters. The monoisotopic (exact) mass is 487 g/mol. The zero-order chi connectivity index (χ0) is 23.6. The second kappa shape index (κ2) is 9.08. The van der Waals surface area contributed by atoms with Crippen LogP contribution >= 0.6 is 11.6 Å². The van der Waals surface area contributed by atoms with Crippen LogP contribution in [0.15, 0.2) is 63.9 Å². The zero-order valence-electron chi connectivity index (χ0n) is 17.3. The topological polar surface area (TPSA) is 131 Å². The Morgan fingerprint density at radius 1 is 1.15 bits per heavy atom. The maximum Gasteiger partial charge on any atom is 0.412 e. The van der Waals surface area contributed by atoms with Crippen LogP contribution in [0.4, 0.5) is 10.6 Å². The van der Waals surface area contributed by atoms with Crippen LogP contribution in [0.1, 0.15) is 0 Å². The Labute approximate surface area is 193 Å². The Hall–Kier alpha value is -3.63. The zero-order valence-corrected chi connectivity index (χ0v) is 18.9. The Bertz CT molecular complexity index is 1500. The maximum absolute atomic E-state index is 13.0. The quantitative estimate of drug-likeness (QED) is 0.418. The minimum absolute atomic E-state index is 0.000965. The first-order valence-corrected chi connectivity index (χ1v) is 12.1. The van der Waals surface area contributed by atoms with E-state index in [4.69, 9.17) is 20.9 Å². The second-order valence-electron chi connectivity index (χ2n) is 7.23. The highest BCUT2D eigenvalue weighted by Crippen LogP contribution is 2.36. The Morgan fingerprint density at radius 3 is 2.64 bits per heavy atom. The number of aromatic nitrogens is 2. The lowest BCUT2D eigenvalue weighted by atomic mass is 9.95. The van der Waals surface area contributed by atoms with Gasteiger partial charge in [-0.25, -0.2) is 13.2 Å². The largest absolute Gasteiger partial charge is 0.448 e. The number of fused-ring (bicyclic) bond motifs is 1. The first-order chi connectivity index (χ1) is 15.7. The van der Waals surface area contributed by atoms with E-state index in [1.165, 1.54) is 6.07 Å². The van der Waals surface area contributed by atoms with Gasteiger partial charge in [0.2, 0.25) is 0 Å². The van der Waals surface area contributed by atoms with Gasteiger partial charge in [-0.3, -0.25) is 10.1 Å². The molecule has 9 nitrogen and oxygen atoms in total.